The number of nitrogens with zero attached hydrogens (tertiary/aromatic N) is 2. The predicted octanol–water partition coefficient (Wildman–Crippen LogP) is 5.53. The first-order chi connectivity index (χ1) is 16.1. The summed E-state index contributed by atoms with van der Waals surface area (Å²) in [5.74, 6) is 0.0230. The first kappa shape index (κ1) is 23.6. The SMILES string of the molecule is CCN(C(=O)c1ccccc1N1CCC(NC(=O)c2ccccc2Cl)CC1)C1CCCCC1. The van der Waals surface area contributed by atoms with E-state index in [9.17, 15) is 9.59 Å². The Hall–Kier alpha value is -2.53. The summed E-state index contributed by atoms with van der Waals surface area (Å²) >= 11 is 6.18. The molecule has 2 aromatic rings. The molecule has 33 heavy (non-hydrogen) atoms. The number of anilines is 1. The number of amides is 2. The van der Waals surface area contributed by atoms with Gasteiger partial charge < -0.3 is 15.1 Å². The summed E-state index contributed by atoms with van der Waals surface area (Å²) in [5, 5.41) is 3.60. The number of hydrogen-bond donors (Lipinski definition) is 1. The van der Waals surface area contributed by atoms with Gasteiger partial charge in [-0.25, -0.2) is 0 Å². The van der Waals surface area contributed by atoms with E-state index in [4.69, 9.17) is 11.6 Å². The van der Waals surface area contributed by atoms with Crippen molar-refractivity contribution in [1.29, 1.82) is 0 Å². The van der Waals surface area contributed by atoms with Gasteiger partial charge in [-0.3, -0.25) is 9.59 Å². The van der Waals surface area contributed by atoms with Crippen LogP contribution in [0.25, 0.3) is 0 Å². The van der Waals surface area contributed by atoms with E-state index in [1.807, 2.05) is 30.3 Å². The van der Waals surface area contributed by atoms with Gasteiger partial charge >= 0.3 is 0 Å². The van der Waals surface area contributed by atoms with Gasteiger partial charge in [0.1, 0.15) is 0 Å². The van der Waals surface area contributed by atoms with Gasteiger partial charge in [-0.15, -0.1) is 0 Å². The molecule has 6 heteroatoms. The fraction of sp³-hybridized carbons (Fsp3) is 0.481. The average Bonchev–Trinajstić information content (AvgIpc) is 2.86. The van der Waals surface area contributed by atoms with Crippen LogP contribution in [0.15, 0.2) is 48.5 Å². The maximum absolute atomic E-state index is 13.6. The second kappa shape index (κ2) is 11.1. The van der Waals surface area contributed by atoms with Crippen molar-refractivity contribution in [3.63, 3.8) is 0 Å². The Bertz CT molecular complexity index is 965. The van der Waals surface area contributed by atoms with Crippen molar-refractivity contribution in [3.8, 4) is 0 Å². The standard InChI is InChI=1S/C27H34ClN3O2/c1-2-31(21-10-4-3-5-11-21)27(33)23-13-7-9-15-25(23)30-18-16-20(17-19-30)29-26(32)22-12-6-8-14-24(22)28/h6-9,12-15,20-21H,2-5,10-11,16-19H2,1H3,(H,29,32). The first-order valence-corrected chi connectivity index (χ1v) is 12.7. The van der Waals surface area contributed by atoms with Gasteiger partial charge in [0.2, 0.25) is 0 Å². The zero-order valence-corrected chi connectivity index (χ0v) is 20.2. The van der Waals surface area contributed by atoms with Crippen LogP contribution < -0.4 is 10.2 Å². The molecule has 4 rings (SSSR count). The summed E-state index contributed by atoms with van der Waals surface area (Å²) in [7, 11) is 0. The fourth-order valence-electron chi connectivity index (χ4n) is 5.22. The molecule has 2 aliphatic rings. The number of halogens is 1. The molecule has 1 aliphatic carbocycles. The molecule has 0 aromatic heterocycles. The van der Waals surface area contributed by atoms with E-state index >= 15 is 0 Å². The number of para-hydroxylation sites is 1. The Kier molecular flexibility index (Phi) is 7.92. The van der Waals surface area contributed by atoms with Crippen molar-refractivity contribution in [1.82, 2.24) is 10.2 Å². The van der Waals surface area contributed by atoms with Crippen LogP contribution in [0.1, 0.15) is 72.6 Å². The van der Waals surface area contributed by atoms with Gasteiger partial charge in [0.15, 0.2) is 0 Å². The molecule has 176 valence electrons. The number of benzene rings is 2. The molecular weight excluding hydrogens is 434 g/mol. The number of hydrogen-bond acceptors (Lipinski definition) is 3. The zero-order chi connectivity index (χ0) is 23.2. The number of piperidine rings is 1. The van der Waals surface area contributed by atoms with Gasteiger partial charge in [-0.2, -0.15) is 0 Å². The van der Waals surface area contributed by atoms with Crippen molar-refractivity contribution in [2.75, 3.05) is 24.5 Å². The van der Waals surface area contributed by atoms with Crippen molar-refractivity contribution < 1.29 is 9.59 Å². The first-order valence-electron chi connectivity index (χ1n) is 12.3. The van der Waals surface area contributed by atoms with Crippen molar-refractivity contribution in [2.45, 2.75) is 64.0 Å². The van der Waals surface area contributed by atoms with E-state index in [-0.39, 0.29) is 17.9 Å². The summed E-state index contributed by atoms with van der Waals surface area (Å²) < 4.78 is 0. The van der Waals surface area contributed by atoms with Crippen LogP contribution in [0.2, 0.25) is 5.02 Å². The molecule has 2 amide bonds. The third-order valence-electron chi connectivity index (χ3n) is 7.04. The van der Waals surface area contributed by atoms with Gasteiger partial charge in [-0.05, 0) is 56.9 Å². The Morgan fingerprint density at radius 3 is 2.24 bits per heavy atom. The number of carbonyl (C=O) groups excluding carboxylic acids is 2. The molecule has 0 atom stereocenters. The van der Waals surface area contributed by atoms with E-state index in [0.717, 1.165) is 56.6 Å². The lowest BCUT2D eigenvalue weighted by atomic mass is 9.93. The highest BCUT2D eigenvalue weighted by molar-refractivity contribution is 6.33. The van der Waals surface area contributed by atoms with Crippen LogP contribution in [0.3, 0.4) is 0 Å². The quantitative estimate of drug-likeness (QED) is 0.607. The smallest absolute Gasteiger partial charge is 0.256 e. The Morgan fingerprint density at radius 1 is 0.939 bits per heavy atom. The van der Waals surface area contributed by atoms with Crippen molar-refractivity contribution in [2.24, 2.45) is 0 Å². The molecule has 0 radical (unpaired) electrons. The highest BCUT2D eigenvalue weighted by atomic mass is 35.5. The summed E-state index contributed by atoms with van der Waals surface area (Å²) in [4.78, 5) is 30.6. The van der Waals surface area contributed by atoms with E-state index in [1.165, 1.54) is 19.3 Å². The van der Waals surface area contributed by atoms with Crippen LogP contribution in [-0.2, 0) is 0 Å². The normalized spacial score (nSPS) is 17.6. The Balaban J connectivity index is 1.41. The maximum atomic E-state index is 13.6. The van der Waals surface area contributed by atoms with Gasteiger partial charge in [-0.1, -0.05) is 55.1 Å². The maximum Gasteiger partial charge on any atom is 0.256 e. The Labute approximate surface area is 202 Å². The molecule has 1 saturated heterocycles. The molecule has 2 aromatic carbocycles. The third-order valence-corrected chi connectivity index (χ3v) is 7.37. The molecule has 0 bridgehead atoms. The van der Waals surface area contributed by atoms with E-state index < -0.39 is 0 Å². The van der Waals surface area contributed by atoms with Crippen molar-refractivity contribution >= 4 is 29.1 Å². The number of rotatable bonds is 6. The Morgan fingerprint density at radius 2 is 1.58 bits per heavy atom. The van der Waals surface area contributed by atoms with Crippen LogP contribution in [-0.4, -0.2) is 48.4 Å². The average molecular weight is 468 g/mol. The molecule has 0 spiro atoms. The van der Waals surface area contributed by atoms with Crippen LogP contribution in [0.4, 0.5) is 5.69 Å². The van der Waals surface area contributed by atoms with E-state index in [1.54, 1.807) is 12.1 Å². The van der Waals surface area contributed by atoms with Crippen LogP contribution in [0.5, 0.6) is 0 Å². The fourth-order valence-corrected chi connectivity index (χ4v) is 5.44. The second-order valence-corrected chi connectivity index (χ2v) is 9.52. The van der Waals surface area contributed by atoms with E-state index in [0.29, 0.717) is 16.6 Å². The molecule has 0 unspecified atom stereocenters. The highest BCUT2D eigenvalue weighted by Gasteiger charge is 2.29. The van der Waals surface area contributed by atoms with Gasteiger partial charge in [0.05, 0.1) is 16.1 Å². The molecule has 1 aliphatic heterocycles. The second-order valence-electron chi connectivity index (χ2n) is 9.11. The molecule has 1 heterocycles. The predicted molar refractivity (Wildman–Crippen MR) is 134 cm³/mol. The summed E-state index contributed by atoms with van der Waals surface area (Å²) in [6, 6.07) is 15.6. The van der Waals surface area contributed by atoms with E-state index in [2.05, 4.69) is 28.1 Å². The molecule has 1 N–H and O–H groups in total. The molecule has 5 nitrogen and oxygen atoms in total. The van der Waals surface area contributed by atoms with Crippen LogP contribution >= 0.6 is 11.6 Å². The number of nitrogens with one attached hydrogen (secondary N) is 1. The summed E-state index contributed by atoms with van der Waals surface area (Å²) in [6.07, 6.45) is 7.59. The van der Waals surface area contributed by atoms with Gasteiger partial charge in [0.25, 0.3) is 11.8 Å². The summed E-state index contributed by atoms with van der Waals surface area (Å²) in [6.45, 7) is 4.43. The lowest BCUT2D eigenvalue weighted by Gasteiger charge is -2.37. The van der Waals surface area contributed by atoms with Crippen LogP contribution in [0, 0.1) is 0 Å². The number of carbonyl (C=O) groups is 2. The van der Waals surface area contributed by atoms with Gasteiger partial charge in [0, 0.05) is 37.4 Å². The lowest BCUT2D eigenvalue weighted by molar-refractivity contribution is 0.0648. The third kappa shape index (κ3) is 5.52. The zero-order valence-electron chi connectivity index (χ0n) is 19.4. The monoisotopic (exact) mass is 467 g/mol. The minimum Gasteiger partial charge on any atom is -0.371 e. The molecular formula is C27H34ClN3O2. The largest absolute Gasteiger partial charge is 0.371 e. The minimum absolute atomic E-state index is 0.0993. The highest BCUT2D eigenvalue weighted by Crippen LogP contribution is 2.29. The minimum atomic E-state index is -0.124. The molecule has 2 fully saturated rings. The molecule has 1 saturated carbocycles. The lowest BCUT2D eigenvalue weighted by Crippen LogP contribution is -2.46. The summed E-state index contributed by atoms with van der Waals surface area (Å²) in [5.41, 5.74) is 2.32. The van der Waals surface area contributed by atoms with Crippen molar-refractivity contribution in [3.05, 3.63) is 64.7 Å². The topological polar surface area (TPSA) is 52.7 Å².